The average molecular weight is 291 g/mol. The van der Waals surface area contributed by atoms with Gasteiger partial charge in [-0.2, -0.15) is 0 Å². The van der Waals surface area contributed by atoms with Crippen LogP contribution in [0.1, 0.15) is 24.7 Å². The number of halogens is 1. The van der Waals surface area contributed by atoms with Crippen LogP contribution < -0.4 is 10.9 Å². The molecule has 0 saturated heterocycles. The topological polar surface area (TPSA) is 84.2 Å². The summed E-state index contributed by atoms with van der Waals surface area (Å²) in [5.74, 6) is 0.0689. The molecule has 1 aromatic heterocycles. The zero-order valence-electron chi connectivity index (χ0n) is 11.2. The van der Waals surface area contributed by atoms with E-state index in [0.29, 0.717) is 17.8 Å². The quantitative estimate of drug-likeness (QED) is 0.897. The highest BCUT2D eigenvalue weighted by Crippen LogP contribution is 2.34. The minimum Gasteiger partial charge on any atom is -0.465 e. The molecule has 0 radical (unpaired) electrons. The fraction of sp³-hybridized carbons (Fsp3) is 0.357. The van der Waals surface area contributed by atoms with Gasteiger partial charge in [-0.25, -0.2) is 14.2 Å². The Bertz CT molecular complexity index is 768. The van der Waals surface area contributed by atoms with Gasteiger partial charge in [0.25, 0.3) is 5.56 Å². The van der Waals surface area contributed by atoms with Gasteiger partial charge >= 0.3 is 6.09 Å². The van der Waals surface area contributed by atoms with Gasteiger partial charge in [0.15, 0.2) is 0 Å². The van der Waals surface area contributed by atoms with Crippen LogP contribution in [0.2, 0.25) is 0 Å². The number of rotatable bonds is 4. The Kier molecular flexibility index (Phi) is 3.32. The average Bonchev–Trinajstić information content (AvgIpc) is 3.24. The molecule has 0 unspecified atom stereocenters. The molecule has 0 bridgehead atoms. The first-order valence-corrected chi connectivity index (χ1v) is 6.74. The van der Waals surface area contributed by atoms with Gasteiger partial charge in [0.2, 0.25) is 0 Å². The van der Waals surface area contributed by atoms with E-state index in [9.17, 15) is 14.0 Å². The first kappa shape index (κ1) is 13.5. The summed E-state index contributed by atoms with van der Waals surface area (Å²) >= 11 is 0. The molecule has 7 heteroatoms. The number of amides is 1. The molecule has 1 aromatic carbocycles. The Morgan fingerprint density at radius 3 is 2.90 bits per heavy atom. The maximum atomic E-state index is 13.3. The number of carbonyl (C=O) groups is 1. The van der Waals surface area contributed by atoms with Crippen LogP contribution in [0.25, 0.3) is 10.9 Å². The fourth-order valence-electron chi connectivity index (χ4n) is 2.38. The number of nitrogens with one attached hydrogen (secondary N) is 1. The van der Waals surface area contributed by atoms with Crippen molar-refractivity contribution in [2.75, 3.05) is 6.54 Å². The van der Waals surface area contributed by atoms with E-state index in [2.05, 4.69) is 10.3 Å². The normalized spacial score (nSPS) is 14.3. The molecule has 0 spiro atoms. The van der Waals surface area contributed by atoms with Crippen LogP contribution >= 0.6 is 0 Å². The monoisotopic (exact) mass is 291 g/mol. The highest BCUT2D eigenvalue weighted by molar-refractivity contribution is 5.77. The summed E-state index contributed by atoms with van der Waals surface area (Å²) < 4.78 is 14.9. The van der Waals surface area contributed by atoms with E-state index in [-0.39, 0.29) is 23.5 Å². The van der Waals surface area contributed by atoms with Crippen molar-refractivity contribution in [1.29, 1.82) is 0 Å². The number of hydrogen-bond acceptors (Lipinski definition) is 3. The maximum Gasteiger partial charge on any atom is 0.404 e. The lowest BCUT2D eigenvalue weighted by molar-refractivity contribution is 0.194. The molecule has 2 N–H and O–H groups in total. The van der Waals surface area contributed by atoms with Crippen molar-refractivity contribution in [1.82, 2.24) is 14.9 Å². The molecule has 0 atom stereocenters. The van der Waals surface area contributed by atoms with Gasteiger partial charge in [-0.3, -0.25) is 9.36 Å². The highest BCUT2D eigenvalue weighted by Gasteiger charge is 2.28. The van der Waals surface area contributed by atoms with E-state index in [1.807, 2.05) is 0 Å². The van der Waals surface area contributed by atoms with E-state index in [4.69, 9.17) is 5.11 Å². The molecular formula is C14H14FN3O3. The first-order valence-electron chi connectivity index (χ1n) is 6.74. The standard InChI is InChI=1S/C14H14FN3O3/c15-8-1-4-11-10(7-8)13(19)18(9-2-3-9)12(17-11)5-6-16-14(20)21/h1,4,7,9,16H,2-3,5-6H2,(H,20,21). The largest absolute Gasteiger partial charge is 0.465 e. The summed E-state index contributed by atoms with van der Waals surface area (Å²) in [5, 5.41) is 11.1. The Morgan fingerprint density at radius 1 is 1.48 bits per heavy atom. The smallest absolute Gasteiger partial charge is 0.404 e. The molecule has 1 fully saturated rings. The van der Waals surface area contributed by atoms with Crippen molar-refractivity contribution in [3.8, 4) is 0 Å². The van der Waals surface area contributed by atoms with Crippen LogP contribution in [0.4, 0.5) is 9.18 Å². The third kappa shape index (κ3) is 2.72. The number of hydrogen-bond donors (Lipinski definition) is 2. The minimum absolute atomic E-state index is 0.0949. The molecule has 0 aliphatic heterocycles. The Labute approximate surface area is 119 Å². The summed E-state index contributed by atoms with van der Waals surface area (Å²) in [4.78, 5) is 27.4. The van der Waals surface area contributed by atoms with Gasteiger partial charge in [0.05, 0.1) is 10.9 Å². The third-order valence-electron chi connectivity index (χ3n) is 3.47. The number of carboxylic acid groups (broad SMARTS) is 1. The van der Waals surface area contributed by atoms with Crippen molar-refractivity contribution in [2.45, 2.75) is 25.3 Å². The lowest BCUT2D eigenvalue weighted by atomic mass is 10.2. The maximum absolute atomic E-state index is 13.3. The molecule has 1 amide bonds. The van der Waals surface area contributed by atoms with Crippen molar-refractivity contribution in [3.05, 3.63) is 40.2 Å². The Balaban J connectivity index is 2.05. The van der Waals surface area contributed by atoms with Crippen LogP contribution in [0.3, 0.4) is 0 Å². The van der Waals surface area contributed by atoms with Gasteiger partial charge in [0, 0.05) is 19.0 Å². The molecule has 1 aliphatic carbocycles. The van der Waals surface area contributed by atoms with Gasteiger partial charge in [-0.05, 0) is 31.0 Å². The predicted octanol–water partition coefficient (Wildman–Crippen LogP) is 1.68. The van der Waals surface area contributed by atoms with Crippen LogP contribution in [0, 0.1) is 5.82 Å². The third-order valence-corrected chi connectivity index (χ3v) is 3.47. The van der Waals surface area contributed by atoms with Gasteiger partial charge < -0.3 is 10.4 Å². The van der Waals surface area contributed by atoms with Crippen LogP contribution in [0.15, 0.2) is 23.0 Å². The van der Waals surface area contributed by atoms with Crippen molar-refractivity contribution >= 4 is 17.0 Å². The number of fused-ring (bicyclic) bond motifs is 1. The van der Waals surface area contributed by atoms with Crippen molar-refractivity contribution in [3.63, 3.8) is 0 Å². The van der Waals surface area contributed by atoms with Crippen molar-refractivity contribution < 1.29 is 14.3 Å². The Hall–Kier alpha value is -2.44. The molecule has 1 heterocycles. The van der Waals surface area contributed by atoms with E-state index >= 15 is 0 Å². The summed E-state index contributed by atoms with van der Waals surface area (Å²) in [5.41, 5.74) is 0.177. The number of benzene rings is 1. The summed E-state index contributed by atoms with van der Waals surface area (Å²) in [7, 11) is 0. The molecule has 1 aliphatic rings. The van der Waals surface area contributed by atoms with E-state index in [0.717, 1.165) is 12.8 Å². The second kappa shape index (κ2) is 5.16. The van der Waals surface area contributed by atoms with Gasteiger partial charge in [-0.1, -0.05) is 0 Å². The van der Waals surface area contributed by atoms with Crippen molar-refractivity contribution in [2.24, 2.45) is 0 Å². The van der Waals surface area contributed by atoms with Gasteiger partial charge in [-0.15, -0.1) is 0 Å². The summed E-state index contributed by atoms with van der Waals surface area (Å²) in [6.45, 7) is 0.182. The van der Waals surface area contributed by atoms with E-state index < -0.39 is 11.9 Å². The van der Waals surface area contributed by atoms with Crippen LogP contribution in [-0.2, 0) is 6.42 Å². The lowest BCUT2D eigenvalue weighted by Gasteiger charge is -2.12. The summed E-state index contributed by atoms with van der Waals surface area (Å²) in [6, 6.07) is 4.02. The lowest BCUT2D eigenvalue weighted by Crippen LogP contribution is -2.29. The predicted molar refractivity (Wildman–Crippen MR) is 74.0 cm³/mol. The Morgan fingerprint density at radius 2 is 2.24 bits per heavy atom. The SMILES string of the molecule is O=C(O)NCCc1nc2ccc(F)cc2c(=O)n1C1CC1. The molecular weight excluding hydrogens is 277 g/mol. The molecule has 110 valence electrons. The summed E-state index contributed by atoms with van der Waals surface area (Å²) in [6.07, 6.45) is 0.993. The fourth-order valence-corrected chi connectivity index (χ4v) is 2.38. The van der Waals surface area contributed by atoms with Gasteiger partial charge in [0.1, 0.15) is 11.6 Å². The molecule has 6 nitrogen and oxygen atoms in total. The zero-order chi connectivity index (χ0) is 15.0. The number of nitrogens with zero attached hydrogens (tertiary/aromatic N) is 2. The second-order valence-electron chi connectivity index (χ2n) is 5.08. The second-order valence-corrected chi connectivity index (χ2v) is 5.08. The molecule has 21 heavy (non-hydrogen) atoms. The zero-order valence-corrected chi connectivity index (χ0v) is 11.2. The molecule has 1 saturated carbocycles. The minimum atomic E-state index is -1.11. The highest BCUT2D eigenvalue weighted by atomic mass is 19.1. The molecule has 2 aromatic rings. The first-order chi connectivity index (χ1) is 10.1. The van der Waals surface area contributed by atoms with E-state index in [1.165, 1.54) is 18.2 Å². The van der Waals surface area contributed by atoms with Crippen LogP contribution in [0.5, 0.6) is 0 Å². The molecule has 3 rings (SSSR count). The van der Waals surface area contributed by atoms with Crippen LogP contribution in [-0.4, -0.2) is 27.3 Å². The van der Waals surface area contributed by atoms with E-state index in [1.54, 1.807) is 4.57 Å². The number of aromatic nitrogens is 2.